The van der Waals surface area contributed by atoms with Gasteiger partial charge in [0.05, 0.1) is 13.1 Å². The minimum atomic E-state index is -4.58. The lowest BCUT2D eigenvalue weighted by atomic mass is 10.1. The number of aryl methyl sites for hydroxylation is 1. The second-order valence-corrected chi connectivity index (χ2v) is 5.95. The van der Waals surface area contributed by atoms with Crippen LogP contribution in [0.4, 0.5) is 13.2 Å². The molecule has 2 aromatic rings. The van der Waals surface area contributed by atoms with Gasteiger partial charge in [0.25, 0.3) is 5.56 Å². The highest BCUT2D eigenvalue weighted by Crippen LogP contribution is 2.35. The molecule has 0 unspecified atom stereocenters. The number of nitrogens with one attached hydrogen (secondary N) is 1. The summed E-state index contributed by atoms with van der Waals surface area (Å²) in [5.41, 5.74) is -2.11. The summed E-state index contributed by atoms with van der Waals surface area (Å²) in [5.74, 6) is -0.785. The van der Waals surface area contributed by atoms with Gasteiger partial charge in [-0.05, 0) is 12.1 Å². The van der Waals surface area contributed by atoms with Gasteiger partial charge in [-0.2, -0.15) is 13.2 Å². The Balaban J connectivity index is 1.52. The predicted molar refractivity (Wildman–Crippen MR) is 86.2 cm³/mol. The van der Waals surface area contributed by atoms with E-state index in [0.717, 1.165) is 6.07 Å². The minimum absolute atomic E-state index is 0.00998. The molecule has 0 radical (unpaired) electrons. The van der Waals surface area contributed by atoms with Crippen molar-refractivity contribution < 1.29 is 22.7 Å². The van der Waals surface area contributed by atoms with E-state index in [4.69, 9.17) is 4.74 Å². The molecule has 0 aromatic carbocycles. The van der Waals surface area contributed by atoms with Crippen molar-refractivity contribution in [3.8, 4) is 5.88 Å². The van der Waals surface area contributed by atoms with Gasteiger partial charge >= 0.3 is 11.9 Å². The van der Waals surface area contributed by atoms with Crippen LogP contribution in [0.1, 0.15) is 12.0 Å². The van der Waals surface area contributed by atoms with E-state index < -0.39 is 35.0 Å². The van der Waals surface area contributed by atoms with Crippen molar-refractivity contribution in [3.05, 3.63) is 57.0 Å². The Morgan fingerprint density at radius 2 is 2.04 bits per heavy atom. The van der Waals surface area contributed by atoms with Crippen molar-refractivity contribution in [2.24, 2.45) is 0 Å². The summed E-state index contributed by atoms with van der Waals surface area (Å²) in [6.07, 6.45) is -2.66. The van der Waals surface area contributed by atoms with E-state index in [1.165, 1.54) is 34.0 Å². The fourth-order valence-electron chi connectivity index (χ4n) is 2.57. The highest BCUT2D eigenvalue weighted by Gasteiger charge is 2.38. The Bertz CT molecular complexity index is 947. The van der Waals surface area contributed by atoms with Gasteiger partial charge in [0.2, 0.25) is 11.8 Å². The molecule has 1 saturated heterocycles. The topological polar surface area (TPSA) is 97.3 Å². The third-order valence-corrected chi connectivity index (χ3v) is 4.02. The lowest BCUT2D eigenvalue weighted by molar-refractivity contribution is -0.145. The maximum atomic E-state index is 12.9. The van der Waals surface area contributed by atoms with Crippen molar-refractivity contribution in [1.82, 2.24) is 19.4 Å². The van der Waals surface area contributed by atoms with Crippen molar-refractivity contribution >= 4 is 5.91 Å². The first kappa shape index (κ1) is 18.7. The number of likely N-dealkylation sites (tertiary alicyclic amines) is 1. The maximum absolute atomic E-state index is 12.9. The number of halogens is 3. The maximum Gasteiger partial charge on any atom is 0.421 e. The quantitative estimate of drug-likeness (QED) is 0.816. The fourth-order valence-corrected chi connectivity index (χ4v) is 2.57. The van der Waals surface area contributed by atoms with Crippen LogP contribution in [0.2, 0.25) is 0 Å². The zero-order valence-corrected chi connectivity index (χ0v) is 13.9. The molecule has 0 bridgehead atoms. The number of aromatic amines is 1. The zero-order valence-electron chi connectivity index (χ0n) is 13.9. The molecule has 1 amide bonds. The Kier molecular flexibility index (Phi) is 5.02. The number of hydrogen-bond donors (Lipinski definition) is 1. The average Bonchev–Trinajstić information content (AvgIpc) is 2.56. The second kappa shape index (κ2) is 7.25. The molecule has 2 aromatic heterocycles. The molecule has 0 spiro atoms. The van der Waals surface area contributed by atoms with Crippen molar-refractivity contribution in [2.45, 2.75) is 25.2 Å². The van der Waals surface area contributed by atoms with Crippen LogP contribution in [0, 0.1) is 0 Å². The molecule has 1 aliphatic heterocycles. The van der Waals surface area contributed by atoms with E-state index in [1.54, 1.807) is 0 Å². The Hall–Kier alpha value is -3.11. The van der Waals surface area contributed by atoms with Crippen LogP contribution in [0.5, 0.6) is 5.88 Å². The van der Waals surface area contributed by atoms with E-state index in [2.05, 4.69) is 9.97 Å². The average molecular weight is 384 g/mol. The molecule has 27 heavy (non-hydrogen) atoms. The molecule has 0 aliphatic carbocycles. The number of alkyl halides is 3. The Morgan fingerprint density at radius 1 is 1.30 bits per heavy atom. The number of H-pyrrole nitrogens is 1. The smallest absolute Gasteiger partial charge is 0.421 e. The van der Waals surface area contributed by atoms with Gasteiger partial charge in [-0.1, -0.05) is 0 Å². The molecular formula is C16H15F3N4O4. The summed E-state index contributed by atoms with van der Waals surface area (Å²) in [7, 11) is 0. The molecule has 8 nitrogen and oxygen atoms in total. The van der Waals surface area contributed by atoms with Crippen LogP contribution in [-0.2, 0) is 17.5 Å². The molecule has 11 heteroatoms. The van der Waals surface area contributed by atoms with Gasteiger partial charge in [0.15, 0.2) is 0 Å². The number of aromatic nitrogens is 3. The molecule has 1 fully saturated rings. The molecule has 144 valence electrons. The Labute approximate surface area is 150 Å². The third-order valence-electron chi connectivity index (χ3n) is 4.02. The highest BCUT2D eigenvalue weighted by atomic mass is 19.4. The van der Waals surface area contributed by atoms with Crippen molar-refractivity contribution in [1.29, 1.82) is 0 Å². The summed E-state index contributed by atoms with van der Waals surface area (Å²) in [5, 5.41) is 0. The summed E-state index contributed by atoms with van der Waals surface area (Å²) in [6.45, 7) is 0.343. The molecule has 0 atom stereocenters. The molecule has 3 heterocycles. The van der Waals surface area contributed by atoms with Gasteiger partial charge in [-0.3, -0.25) is 14.6 Å². The van der Waals surface area contributed by atoms with Gasteiger partial charge in [0, 0.05) is 31.4 Å². The molecule has 1 N–H and O–H groups in total. The number of hydrogen-bond acceptors (Lipinski definition) is 5. The molecule has 3 rings (SSSR count). The number of pyridine rings is 1. The summed E-state index contributed by atoms with van der Waals surface area (Å²) in [6, 6.07) is 3.22. The lowest BCUT2D eigenvalue weighted by Gasteiger charge is -2.39. The third kappa shape index (κ3) is 4.36. The van der Waals surface area contributed by atoms with Gasteiger partial charge in [0.1, 0.15) is 11.7 Å². The van der Waals surface area contributed by atoms with Gasteiger partial charge in [-0.25, -0.2) is 9.78 Å². The van der Waals surface area contributed by atoms with Gasteiger partial charge < -0.3 is 14.2 Å². The Morgan fingerprint density at radius 3 is 2.70 bits per heavy atom. The number of carbonyl (C=O) groups excluding carboxylic acids is 1. The van der Waals surface area contributed by atoms with E-state index >= 15 is 0 Å². The van der Waals surface area contributed by atoms with Gasteiger partial charge in [-0.15, -0.1) is 0 Å². The van der Waals surface area contributed by atoms with E-state index in [9.17, 15) is 27.6 Å². The first-order valence-electron chi connectivity index (χ1n) is 8.00. The summed E-state index contributed by atoms with van der Waals surface area (Å²) >= 11 is 0. The number of amides is 1. The largest absolute Gasteiger partial charge is 0.470 e. The minimum Gasteiger partial charge on any atom is -0.470 e. The summed E-state index contributed by atoms with van der Waals surface area (Å²) in [4.78, 5) is 41.7. The number of ether oxygens (including phenoxy) is 1. The number of nitrogens with zero attached hydrogens (tertiary/aromatic N) is 3. The van der Waals surface area contributed by atoms with Crippen LogP contribution in [0.25, 0.3) is 0 Å². The van der Waals surface area contributed by atoms with Crippen LogP contribution < -0.4 is 16.0 Å². The molecule has 1 aliphatic rings. The monoisotopic (exact) mass is 384 g/mol. The van der Waals surface area contributed by atoms with E-state index in [1.807, 2.05) is 0 Å². The zero-order chi connectivity index (χ0) is 19.6. The normalized spacial score (nSPS) is 14.7. The summed E-state index contributed by atoms with van der Waals surface area (Å²) < 4.78 is 45.2. The van der Waals surface area contributed by atoms with Crippen LogP contribution in [0.3, 0.4) is 0 Å². The van der Waals surface area contributed by atoms with Crippen molar-refractivity contribution in [2.75, 3.05) is 13.1 Å². The predicted octanol–water partition coefficient (Wildman–Crippen LogP) is 0.630. The molecular weight excluding hydrogens is 369 g/mol. The highest BCUT2D eigenvalue weighted by molar-refractivity contribution is 5.77. The SMILES string of the molecule is O=C(CCn1ccc(=O)[nH]c1=O)N1CC(Oc2ncccc2C(F)(F)F)C1. The van der Waals surface area contributed by atoms with Crippen LogP contribution in [-0.4, -0.2) is 44.5 Å². The fraction of sp³-hybridized carbons (Fsp3) is 0.375. The van der Waals surface area contributed by atoms with E-state index in [0.29, 0.717) is 0 Å². The second-order valence-electron chi connectivity index (χ2n) is 5.95. The lowest BCUT2D eigenvalue weighted by Crippen LogP contribution is -2.56. The van der Waals surface area contributed by atoms with Crippen LogP contribution >= 0.6 is 0 Å². The van der Waals surface area contributed by atoms with Crippen molar-refractivity contribution in [3.63, 3.8) is 0 Å². The van der Waals surface area contributed by atoms with E-state index in [-0.39, 0.29) is 32.0 Å². The number of carbonyl (C=O) groups is 1. The van der Waals surface area contributed by atoms with Crippen LogP contribution in [0.15, 0.2) is 40.2 Å². The molecule has 0 saturated carbocycles. The standard InChI is InChI=1S/C16H15F3N4O4/c17-16(18,19)11-2-1-5-20-14(11)27-10-8-23(9-10)13(25)4-7-22-6-3-12(24)21-15(22)26/h1-3,5-6,10H,4,7-9H2,(H,21,24,26). The first-order chi connectivity index (χ1) is 12.7. The number of rotatable bonds is 5. The first-order valence-corrected chi connectivity index (χ1v) is 8.00.